The molecule has 2 aromatic rings. The van der Waals surface area contributed by atoms with Crippen molar-refractivity contribution in [3.63, 3.8) is 0 Å². The molecule has 1 N–H and O–H groups in total. The quantitative estimate of drug-likeness (QED) is 0.895. The van der Waals surface area contributed by atoms with Gasteiger partial charge in [0.2, 0.25) is 0 Å². The molecule has 1 heterocycles. The molecule has 19 heavy (non-hydrogen) atoms. The molecule has 0 fully saturated rings. The maximum absolute atomic E-state index is 10.3. The average molecular weight is 259 g/mol. The average Bonchev–Trinajstić information content (AvgIpc) is 2.47. The highest BCUT2D eigenvalue weighted by Crippen LogP contribution is 2.26. The van der Waals surface area contributed by atoms with Crippen LogP contribution in [0.4, 0.5) is 0 Å². The number of hydrogen-bond donors (Lipinski definition) is 1. The Labute approximate surface area is 112 Å². The highest BCUT2D eigenvalue weighted by atomic mass is 16.5. The Morgan fingerprint density at radius 2 is 2.00 bits per heavy atom. The summed E-state index contributed by atoms with van der Waals surface area (Å²) in [5.41, 5.74) is 1.53. The molecule has 1 unspecified atom stereocenters. The van der Waals surface area contributed by atoms with E-state index in [2.05, 4.69) is 4.98 Å². The van der Waals surface area contributed by atoms with E-state index in [-0.39, 0.29) is 0 Å². The molecular weight excluding hydrogens is 242 g/mol. The summed E-state index contributed by atoms with van der Waals surface area (Å²) in [4.78, 5) is 4.18. The smallest absolute Gasteiger partial charge is 0.143 e. The molecule has 0 radical (unpaired) electrons. The Bertz CT molecular complexity index is 542. The van der Waals surface area contributed by atoms with Crippen molar-refractivity contribution in [1.29, 1.82) is 0 Å². The van der Waals surface area contributed by atoms with Crippen molar-refractivity contribution in [3.05, 3.63) is 53.9 Å². The topological polar surface area (TPSA) is 51.6 Å². The Morgan fingerprint density at radius 1 is 1.16 bits per heavy atom. The van der Waals surface area contributed by atoms with Crippen molar-refractivity contribution < 1.29 is 14.6 Å². The molecule has 0 spiro atoms. The zero-order valence-corrected chi connectivity index (χ0v) is 11.0. The van der Waals surface area contributed by atoms with E-state index in [4.69, 9.17) is 9.47 Å². The Morgan fingerprint density at radius 3 is 2.74 bits per heavy atom. The van der Waals surface area contributed by atoms with Gasteiger partial charge in [-0.2, -0.15) is 0 Å². The van der Waals surface area contributed by atoms with Crippen molar-refractivity contribution in [1.82, 2.24) is 4.98 Å². The maximum Gasteiger partial charge on any atom is 0.143 e. The van der Waals surface area contributed by atoms with Gasteiger partial charge in [0.15, 0.2) is 0 Å². The van der Waals surface area contributed by atoms with Gasteiger partial charge in [0.1, 0.15) is 23.3 Å². The number of hydrogen-bond acceptors (Lipinski definition) is 4. The molecule has 0 amide bonds. The first-order valence-corrected chi connectivity index (χ1v) is 6.04. The second-order valence-corrected chi connectivity index (χ2v) is 4.16. The first-order valence-electron chi connectivity index (χ1n) is 6.04. The molecule has 4 nitrogen and oxygen atoms in total. The van der Waals surface area contributed by atoms with Gasteiger partial charge in [-0.1, -0.05) is 12.1 Å². The predicted molar refractivity (Wildman–Crippen MR) is 72.4 cm³/mol. The molecule has 2 rings (SSSR count). The fourth-order valence-corrected chi connectivity index (χ4v) is 1.94. The summed E-state index contributed by atoms with van der Waals surface area (Å²) >= 11 is 0. The number of ether oxygens (including phenoxy) is 2. The number of aliphatic hydroxyl groups is 1. The minimum atomic E-state index is -0.705. The monoisotopic (exact) mass is 259 g/mol. The summed E-state index contributed by atoms with van der Waals surface area (Å²) in [5, 5.41) is 10.3. The summed E-state index contributed by atoms with van der Waals surface area (Å²) in [6, 6.07) is 11.2. The Hall–Kier alpha value is -2.07. The number of methoxy groups -OCH3 is 2. The normalized spacial score (nSPS) is 11.9. The van der Waals surface area contributed by atoms with Gasteiger partial charge in [-0.15, -0.1) is 0 Å². The number of benzene rings is 1. The zero-order valence-electron chi connectivity index (χ0n) is 11.0. The molecular formula is C15H17NO3. The summed E-state index contributed by atoms with van der Waals surface area (Å²) < 4.78 is 10.4. The highest BCUT2D eigenvalue weighted by molar-refractivity contribution is 5.32. The number of aliphatic hydroxyl groups excluding tert-OH is 1. The maximum atomic E-state index is 10.3. The van der Waals surface area contributed by atoms with Crippen molar-refractivity contribution in [3.8, 4) is 11.5 Å². The van der Waals surface area contributed by atoms with Gasteiger partial charge >= 0.3 is 0 Å². The molecule has 0 bridgehead atoms. The first-order chi connectivity index (χ1) is 9.24. The fourth-order valence-electron chi connectivity index (χ4n) is 1.94. The third kappa shape index (κ3) is 3.23. The zero-order chi connectivity index (χ0) is 13.7. The molecule has 1 atom stereocenters. The van der Waals surface area contributed by atoms with Crippen molar-refractivity contribution in [2.24, 2.45) is 0 Å². The van der Waals surface area contributed by atoms with Gasteiger partial charge in [-0.05, 0) is 29.8 Å². The molecule has 0 saturated heterocycles. The lowest BCUT2D eigenvalue weighted by Gasteiger charge is -2.13. The summed E-state index contributed by atoms with van der Waals surface area (Å²) in [6.45, 7) is 0. The van der Waals surface area contributed by atoms with Crippen LogP contribution in [0.1, 0.15) is 17.4 Å². The van der Waals surface area contributed by atoms with Crippen LogP contribution in [-0.2, 0) is 6.42 Å². The lowest BCUT2D eigenvalue weighted by molar-refractivity contribution is 0.168. The second-order valence-electron chi connectivity index (χ2n) is 4.16. The van der Waals surface area contributed by atoms with E-state index in [1.54, 1.807) is 32.5 Å². The number of pyridine rings is 1. The van der Waals surface area contributed by atoms with Gasteiger partial charge in [0.25, 0.3) is 0 Å². The van der Waals surface area contributed by atoms with Crippen LogP contribution in [0.25, 0.3) is 0 Å². The Kier molecular flexibility index (Phi) is 4.36. The number of rotatable bonds is 5. The lowest BCUT2D eigenvalue weighted by Crippen LogP contribution is -2.06. The number of nitrogens with zero attached hydrogens (tertiary/aromatic N) is 1. The van der Waals surface area contributed by atoms with Crippen LogP contribution in [0.3, 0.4) is 0 Å². The van der Waals surface area contributed by atoms with E-state index < -0.39 is 6.10 Å². The van der Waals surface area contributed by atoms with E-state index in [1.165, 1.54) is 0 Å². The van der Waals surface area contributed by atoms with Gasteiger partial charge in [-0.25, -0.2) is 0 Å². The molecule has 4 heteroatoms. The standard InChI is InChI=1S/C15H17NO3/c1-18-12-6-3-5-11(9-12)10-13(17)15-14(19-2)7-4-8-16-15/h3-9,13,17H,10H2,1-2H3. The van der Waals surface area contributed by atoms with Crippen LogP contribution in [-0.4, -0.2) is 24.3 Å². The molecule has 1 aromatic heterocycles. The van der Waals surface area contributed by atoms with Gasteiger partial charge in [0, 0.05) is 12.6 Å². The van der Waals surface area contributed by atoms with Crippen LogP contribution in [0.2, 0.25) is 0 Å². The van der Waals surface area contributed by atoms with E-state index >= 15 is 0 Å². The minimum Gasteiger partial charge on any atom is -0.497 e. The van der Waals surface area contributed by atoms with Crippen LogP contribution in [0.5, 0.6) is 11.5 Å². The molecule has 0 saturated carbocycles. The van der Waals surface area contributed by atoms with Crippen LogP contribution >= 0.6 is 0 Å². The van der Waals surface area contributed by atoms with Crippen molar-refractivity contribution in [2.75, 3.05) is 14.2 Å². The first kappa shape index (κ1) is 13.4. The SMILES string of the molecule is COc1cccc(CC(O)c2ncccc2OC)c1. The summed E-state index contributed by atoms with van der Waals surface area (Å²) in [6.07, 6.45) is 1.40. The van der Waals surface area contributed by atoms with Crippen LogP contribution in [0, 0.1) is 0 Å². The van der Waals surface area contributed by atoms with Crippen LogP contribution < -0.4 is 9.47 Å². The number of aromatic nitrogens is 1. The fraction of sp³-hybridized carbons (Fsp3) is 0.267. The predicted octanol–water partition coefficient (Wildman–Crippen LogP) is 2.37. The second kappa shape index (κ2) is 6.20. The highest BCUT2D eigenvalue weighted by Gasteiger charge is 2.15. The molecule has 1 aromatic carbocycles. The van der Waals surface area contributed by atoms with E-state index in [1.807, 2.05) is 24.3 Å². The Balaban J connectivity index is 2.18. The molecule has 100 valence electrons. The molecule has 0 aliphatic carbocycles. The van der Waals surface area contributed by atoms with E-state index in [0.717, 1.165) is 11.3 Å². The van der Waals surface area contributed by atoms with Gasteiger partial charge in [0.05, 0.1) is 14.2 Å². The van der Waals surface area contributed by atoms with Crippen molar-refractivity contribution >= 4 is 0 Å². The molecule has 0 aliphatic rings. The molecule has 0 aliphatic heterocycles. The third-order valence-corrected chi connectivity index (χ3v) is 2.90. The minimum absolute atomic E-state index is 0.463. The van der Waals surface area contributed by atoms with Crippen LogP contribution in [0.15, 0.2) is 42.6 Å². The van der Waals surface area contributed by atoms with Gasteiger partial charge in [-0.3, -0.25) is 4.98 Å². The lowest BCUT2D eigenvalue weighted by atomic mass is 10.0. The summed E-state index contributed by atoms with van der Waals surface area (Å²) in [7, 11) is 3.19. The van der Waals surface area contributed by atoms with E-state index in [9.17, 15) is 5.11 Å². The summed E-state index contributed by atoms with van der Waals surface area (Å²) in [5.74, 6) is 1.37. The van der Waals surface area contributed by atoms with E-state index in [0.29, 0.717) is 17.9 Å². The van der Waals surface area contributed by atoms with Gasteiger partial charge < -0.3 is 14.6 Å². The third-order valence-electron chi connectivity index (χ3n) is 2.90. The largest absolute Gasteiger partial charge is 0.497 e. The van der Waals surface area contributed by atoms with Crippen molar-refractivity contribution in [2.45, 2.75) is 12.5 Å².